The van der Waals surface area contributed by atoms with Crippen LogP contribution in [-0.2, 0) is 4.74 Å². The number of aryl methyl sites for hydroxylation is 2. The molecular formula is C20H35N2O2+. The third kappa shape index (κ3) is 7.82. The van der Waals surface area contributed by atoms with E-state index < -0.39 is 0 Å². The quantitative estimate of drug-likeness (QED) is 0.605. The van der Waals surface area contributed by atoms with E-state index in [-0.39, 0.29) is 6.09 Å². The third-order valence-electron chi connectivity index (χ3n) is 4.38. The number of ether oxygens (including phenoxy) is 1. The van der Waals surface area contributed by atoms with Crippen LogP contribution in [0.2, 0.25) is 0 Å². The molecule has 2 N–H and O–H groups in total. The van der Waals surface area contributed by atoms with Gasteiger partial charge in [-0.1, -0.05) is 44.9 Å². The maximum absolute atomic E-state index is 12.0. The highest BCUT2D eigenvalue weighted by Crippen LogP contribution is 2.19. The summed E-state index contributed by atoms with van der Waals surface area (Å²) in [6, 6.07) is 5.97. The summed E-state index contributed by atoms with van der Waals surface area (Å²) in [5.74, 6) is 0. The molecule has 0 radical (unpaired) electrons. The number of amides is 1. The largest absolute Gasteiger partial charge is 0.449 e. The molecule has 136 valence electrons. The standard InChI is InChI=1S/C20H34N2O2/c1-5-7-13-22(14-8-6-2)15-10-16-24-20(23)21-19-17(3)11-9-12-18(19)4/h9,11-12H,5-8,10,13-16H2,1-4H3,(H,21,23)/p+1. The molecule has 0 saturated heterocycles. The number of unbranched alkanes of at least 4 members (excludes halogenated alkanes) is 2. The van der Waals surface area contributed by atoms with Crippen molar-refractivity contribution >= 4 is 11.8 Å². The highest BCUT2D eigenvalue weighted by atomic mass is 16.5. The molecule has 4 nitrogen and oxygen atoms in total. The number of nitrogens with one attached hydrogen (secondary N) is 2. The Kier molecular flexibility index (Phi) is 10.2. The van der Waals surface area contributed by atoms with E-state index in [9.17, 15) is 4.79 Å². The summed E-state index contributed by atoms with van der Waals surface area (Å²) in [6.45, 7) is 12.5. The van der Waals surface area contributed by atoms with Crippen molar-refractivity contribution in [1.82, 2.24) is 0 Å². The summed E-state index contributed by atoms with van der Waals surface area (Å²) >= 11 is 0. The Morgan fingerprint density at radius 3 is 2.08 bits per heavy atom. The number of benzene rings is 1. The van der Waals surface area contributed by atoms with E-state index in [2.05, 4.69) is 19.2 Å². The van der Waals surface area contributed by atoms with Gasteiger partial charge in [0.05, 0.1) is 26.2 Å². The zero-order valence-corrected chi connectivity index (χ0v) is 15.9. The zero-order valence-electron chi connectivity index (χ0n) is 15.9. The molecule has 4 heteroatoms. The van der Waals surface area contributed by atoms with Crippen molar-refractivity contribution in [3.05, 3.63) is 29.3 Å². The molecule has 0 aromatic heterocycles. The molecule has 1 aromatic rings. The molecule has 1 amide bonds. The monoisotopic (exact) mass is 335 g/mol. The van der Waals surface area contributed by atoms with Crippen LogP contribution >= 0.6 is 0 Å². The Morgan fingerprint density at radius 1 is 1.00 bits per heavy atom. The molecule has 1 aromatic carbocycles. The third-order valence-corrected chi connectivity index (χ3v) is 4.38. The van der Waals surface area contributed by atoms with Gasteiger partial charge in [-0.2, -0.15) is 0 Å². The van der Waals surface area contributed by atoms with Crippen LogP contribution < -0.4 is 10.2 Å². The zero-order chi connectivity index (χ0) is 17.8. The van der Waals surface area contributed by atoms with Crippen molar-refractivity contribution in [3.63, 3.8) is 0 Å². The lowest BCUT2D eigenvalue weighted by molar-refractivity contribution is -0.900. The van der Waals surface area contributed by atoms with Crippen LogP contribution in [0.3, 0.4) is 0 Å². The maximum atomic E-state index is 12.0. The highest BCUT2D eigenvalue weighted by Gasteiger charge is 2.10. The highest BCUT2D eigenvalue weighted by molar-refractivity contribution is 5.86. The summed E-state index contributed by atoms with van der Waals surface area (Å²) in [7, 11) is 0. The van der Waals surface area contributed by atoms with E-state index in [0.717, 1.165) is 29.8 Å². The second-order valence-corrected chi connectivity index (χ2v) is 6.59. The van der Waals surface area contributed by atoms with Gasteiger partial charge in [-0.05, 0) is 37.8 Å². The molecule has 1 rings (SSSR count). The molecule has 0 aliphatic heterocycles. The van der Waals surface area contributed by atoms with Crippen molar-refractivity contribution < 1.29 is 14.4 Å². The van der Waals surface area contributed by atoms with Gasteiger partial charge in [0.25, 0.3) is 0 Å². The van der Waals surface area contributed by atoms with Gasteiger partial charge in [-0.15, -0.1) is 0 Å². The lowest BCUT2D eigenvalue weighted by Gasteiger charge is -2.19. The first-order valence-electron chi connectivity index (χ1n) is 9.42. The Labute approximate surface area is 147 Å². The maximum Gasteiger partial charge on any atom is 0.411 e. The van der Waals surface area contributed by atoms with Gasteiger partial charge in [-0.25, -0.2) is 4.79 Å². The van der Waals surface area contributed by atoms with Crippen molar-refractivity contribution in [1.29, 1.82) is 0 Å². The minimum atomic E-state index is -0.351. The smallest absolute Gasteiger partial charge is 0.411 e. The number of hydrogen-bond donors (Lipinski definition) is 2. The van der Waals surface area contributed by atoms with Crippen LogP contribution in [0.15, 0.2) is 18.2 Å². The van der Waals surface area contributed by atoms with Crippen molar-refractivity contribution in [2.45, 2.75) is 59.8 Å². The number of anilines is 1. The van der Waals surface area contributed by atoms with Gasteiger partial charge < -0.3 is 9.64 Å². The number of carbonyl (C=O) groups excluding carboxylic acids is 1. The number of hydrogen-bond acceptors (Lipinski definition) is 2. The number of quaternary nitrogens is 1. The van der Waals surface area contributed by atoms with Crippen LogP contribution in [0, 0.1) is 13.8 Å². The molecule has 0 saturated carbocycles. The summed E-state index contributed by atoms with van der Waals surface area (Å²) in [5, 5.41) is 2.87. The summed E-state index contributed by atoms with van der Waals surface area (Å²) < 4.78 is 5.35. The first-order chi connectivity index (χ1) is 11.6. The number of carbonyl (C=O) groups is 1. The van der Waals surface area contributed by atoms with E-state index in [1.165, 1.54) is 38.8 Å². The van der Waals surface area contributed by atoms with Gasteiger partial charge >= 0.3 is 6.09 Å². The summed E-state index contributed by atoms with van der Waals surface area (Å²) in [6.07, 6.45) is 5.59. The lowest BCUT2D eigenvalue weighted by Crippen LogP contribution is -3.12. The van der Waals surface area contributed by atoms with Gasteiger partial charge in [0.1, 0.15) is 0 Å². The van der Waals surface area contributed by atoms with Gasteiger partial charge in [-0.3, -0.25) is 5.32 Å². The van der Waals surface area contributed by atoms with Gasteiger partial charge in [0.2, 0.25) is 0 Å². The van der Waals surface area contributed by atoms with Crippen LogP contribution in [0.25, 0.3) is 0 Å². The van der Waals surface area contributed by atoms with Crippen molar-refractivity contribution in [2.24, 2.45) is 0 Å². The Morgan fingerprint density at radius 2 is 1.54 bits per heavy atom. The predicted octanol–water partition coefficient (Wildman–Crippen LogP) is 3.73. The van der Waals surface area contributed by atoms with E-state index >= 15 is 0 Å². The van der Waals surface area contributed by atoms with Crippen LogP contribution in [0.4, 0.5) is 10.5 Å². The lowest BCUT2D eigenvalue weighted by atomic mass is 10.1. The fraction of sp³-hybridized carbons (Fsp3) is 0.650. The Balaban J connectivity index is 2.31. The number of para-hydroxylation sites is 1. The second kappa shape index (κ2) is 11.9. The molecule has 0 bridgehead atoms. The molecule has 0 aliphatic carbocycles. The Bertz CT molecular complexity index is 460. The molecule has 0 aliphatic rings. The minimum absolute atomic E-state index is 0.351. The fourth-order valence-electron chi connectivity index (χ4n) is 2.87. The molecule has 0 spiro atoms. The van der Waals surface area contributed by atoms with E-state index in [4.69, 9.17) is 4.74 Å². The average molecular weight is 336 g/mol. The normalized spacial score (nSPS) is 10.9. The molecule has 24 heavy (non-hydrogen) atoms. The first kappa shape index (κ1) is 20.5. The molecule has 0 atom stereocenters. The van der Waals surface area contributed by atoms with Crippen LogP contribution in [0.5, 0.6) is 0 Å². The van der Waals surface area contributed by atoms with Crippen LogP contribution in [0.1, 0.15) is 57.1 Å². The van der Waals surface area contributed by atoms with E-state index in [0.29, 0.717) is 6.61 Å². The summed E-state index contributed by atoms with van der Waals surface area (Å²) in [4.78, 5) is 13.6. The average Bonchev–Trinajstić information content (AvgIpc) is 2.56. The van der Waals surface area contributed by atoms with Gasteiger partial charge in [0.15, 0.2) is 0 Å². The van der Waals surface area contributed by atoms with E-state index in [1.54, 1.807) is 4.90 Å². The predicted molar refractivity (Wildman–Crippen MR) is 101 cm³/mol. The topological polar surface area (TPSA) is 42.8 Å². The summed E-state index contributed by atoms with van der Waals surface area (Å²) in [5.41, 5.74) is 2.98. The molecular weight excluding hydrogens is 300 g/mol. The van der Waals surface area contributed by atoms with Crippen molar-refractivity contribution in [3.8, 4) is 0 Å². The fourth-order valence-corrected chi connectivity index (χ4v) is 2.87. The number of rotatable bonds is 11. The van der Waals surface area contributed by atoms with Crippen LogP contribution in [-0.4, -0.2) is 32.3 Å². The Hall–Kier alpha value is -1.55. The SMILES string of the molecule is CCCC[NH+](CCCC)CCCOC(=O)Nc1c(C)cccc1C. The molecule has 0 unspecified atom stereocenters. The molecule has 0 fully saturated rings. The van der Waals surface area contributed by atoms with E-state index in [1.807, 2.05) is 32.0 Å². The van der Waals surface area contributed by atoms with Crippen molar-refractivity contribution in [2.75, 3.05) is 31.6 Å². The minimum Gasteiger partial charge on any atom is -0.449 e. The van der Waals surface area contributed by atoms with Gasteiger partial charge in [0, 0.05) is 12.1 Å². The first-order valence-corrected chi connectivity index (χ1v) is 9.42. The molecule has 0 heterocycles. The second-order valence-electron chi connectivity index (χ2n) is 6.59.